The van der Waals surface area contributed by atoms with Gasteiger partial charge in [0.15, 0.2) is 0 Å². The molecule has 1 amide bonds. The number of amides is 1. The van der Waals surface area contributed by atoms with Gasteiger partial charge in [-0.1, -0.05) is 0 Å². The molecule has 0 unspecified atom stereocenters. The van der Waals surface area contributed by atoms with Crippen molar-refractivity contribution < 1.29 is 19.1 Å². The number of esters is 1. The van der Waals surface area contributed by atoms with Crippen molar-refractivity contribution in [2.24, 2.45) is 5.73 Å². The van der Waals surface area contributed by atoms with Crippen LogP contribution in [0.3, 0.4) is 0 Å². The van der Waals surface area contributed by atoms with Gasteiger partial charge in [0.2, 0.25) is 5.91 Å². The van der Waals surface area contributed by atoms with E-state index >= 15 is 0 Å². The average Bonchev–Trinajstić information content (AvgIpc) is 2.37. The molecule has 0 radical (unpaired) electrons. The lowest BCUT2D eigenvalue weighted by molar-refractivity contribution is -0.122. The Morgan fingerprint density at radius 2 is 2.28 bits per heavy atom. The molecule has 0 aliphatic carbocycles. The molecule has 98 valence electrons. The van der Waals surface area contributed by atoms with E-state index in [0.717, 1.165) is 0 Å². The molecule has 0 saturated carbocycles. The van der Waals surface area contributed by atoms with Crippen LogP contribution in [0.5, 0.6) is 0 Å². The highest BCUT2D eigenvalue weighted by atomic mass is 16.5. The summed E-state index contributed by atoms with van der Waals surface area (Å²) in [7, 11) is 1.29. The van der Waals surface area contributed by atoms with Crippen LogP contribution in [0.4, 0.5) is 5.69 Å². The second kappa shape index (κ2) is 7.23. The third-order valence-electron chi connectivity index (χ3n) is 1.97. The molecule has 0 bridgehead atoms. The number of nitrogens with two attached hydrogens (primary N) is 1. The number of rotatable bonds is 7. The van der Waals surface area contributed by atoms with Gasteiger partial charge in [0.25, 0.3) is 0 Å². The summed E-state index contributed by atoms with van der Waals surface area (Å²) in [6.45, 7) is 0.710. The van der Waals surface area contributed by atoms with E-state index in [0.29, 0.717) is 18.8 Å². The van der Waals surface area contributed by atoms with Crippen molar-refractivity contribution in [3.63, 3.8) is 0 Å². The first-order chi connectivity index (χ1) is 8.63. The van der Waals surface area contributed by atoms with Gasteiger partial charge in [0.1, 0.15) is 12.3 Å². The summed E-state index contributed by atoms with van der Waals surface area (Å²) in [6.07, 6.45) is 1.50. The van der Waals surface area contributed by atoms with Crippen molar-refractivity contribution in [2.75, 3.05) is 32.2 Å². The van der Waals surface area contributed by atoms with Gasteiger partial charge in [-0.05, 0) is 12.1 Å². The Bertz CT molecular complexity index is 423. The van der Waals surface area contributed by atoms with E-state index in [1.807, 2.05) is 0 Å². The molecule has 0 spiro atoms. The molecule has 0 aromatic carbocycles. The van der Waals surface area contributed by atoms with E-state index in [1.165, 1.54) is 13.3 Å². The van der Waals surface area contributed by atoms with Crippen molar-refractivity contribution in [1.82, 2.24) is 4.98 Å². The molecule has 1 rings (SSSR count). The minimum Gasteiger partial charge on any atom is -0.464 e. The molecule has 1 heterocycles. The fourth-order valence-electron chi connectivity index (χ4n) is 1.20. The molecule has 1 aromatic heterocycles. The quantitative estimate of drug-likeness (QED) is 0.514. The van der Waals surface area contributed by atoms with Gasteiger partial charge in [0.05, 0.1) is 13.7 Å². The van der Waals surface area contributed by atoms with E-state index in [-0.39, 0.29) is 12.3 Å². The van der Waals surface area contributed by atoms with Crippen LogP contribution in [0.2, 0.25) is 0 Å². The molecule has 1 aromatic rings. The van der Waals surface area contributed by atoms with Crippen LogP contribution in [0.25, 0.3) is 0 Å². The van der Waals surface area contributed by atoms with E-state index in [2.05, 4.69) is 15.0 Å². The van der Waals surface area contributed by atoms with Crippen molar-refractivity contribution in [3.05, 3.63) is 24.0 Å². The maximum atomic E-state index is 11.2. The lowest BCUT2D eigenvalue weighted by atomic mass is 10.3. The first kappa shape index (κ1) is 13.9. The number of methoxy groups -OCH3 is 1. The molecule has 18 heavy (non-hydrogen) atoms. The lowest BCUT2D eigenvalue weighted by Gasteiger charge is -2.07. The zero-order valence-electron chi connectivity index (χ0n) is 10.0. The number of aromatic nitrogens is 1. The molecule has 3 N–H and O–H groups in total. The molecule has 0 fully saturated rings. The Kier molecular flexibility index (Phi) is 5.59. The number of nitrogens with one attached hydrogen (secondary N) is 1. The first-order valence-electron chi connectivity index (χ1n) is 5.27. The molecular formula is C11H15N3O4. The van der Waals surface area contributed by atoms with Gasteiger partial charge >= 0.3 is 5.97 Å². The monoisotopic (exact) mass is 253 g/mol. The number of hydrogen-bond donors (Lipinski definition) is 2. The standard InChI is InChI=1S/C11H15N3O4/c1-17-11(16)9-6-8(2-3-14-9)13-4-5-18-7-10(12)15/h2-3,6H,4-5,7H2,1H3,(H2,12,15)(H,13,14). The topological polar surface area (TPSA) is 104 Å². The minimum atomic E-state index is -0.508. The normalized spacial score (nSPS) is 9.83. The van der Waals surface area contributed by atoms with Crippen molar-refractivity contribution >= 4 is 17.6 Å². The number of primary amides is 1. The van der Waals surface area contributed by atoms with Crippen molar-refractivity contribution in [3.8, 4) is 0 Å². The Morgan fingerprint density at radius 3 is 2.94 bits per heavy atom. The van der Waals surface area contributed by atoms with Crippen LogP contribution in [-0.2, 0) is 14.3 Å². The highest BCUT2D eigenvalue weighted by Gasteiger charge is 2.06. The van der Waals surface area contributed by atoms with Crippen LogP contribution in [-0.4, -0.2) is 43.7 Å². The van der Waals surface area contributed by atoms with Crippen LogP contribution in [0, 0.1) is 0 Å². The van der Waals surface area contributed by atoms with Crippen LogP contribution in [0.1, 0.15) is 10.5 Å². The number of hydrogen-bond acceptors (Lipinski definition) is 6. The molecule has 7 heteroatoms. The highest BCUT2D eigenvalue weighted by molar-refractivity contribution is 5.88. The Labute approximate surface area is 104 Å². The SMILES string of the molecule is COC(=O)c1cc(NCCOCC(N)=O)ccn1. The highest BCUT2D eigenvalue weighted by Crippen LogP contribution is 2.08. The molecule has 0 saturated heterocycles. The van der Waals surface area contributed by atoms with Crippen molar-refractivity contribution in [1.29, 1.82) is 0 Å². The number of carbonyl (C=O) groups is 2. The molecule has 0 aliphatic rings. The predicted molar refractivity (Wildman–Crippen MR) is 64.1 cm³/mol. The third-order valence-corrected chi connectivity index (χ3v) is 1.97. The molecule has 7 nitrogen and oxygen atoms in total. The van der Waals surface area contributed by atoms with E-state index < -0.39 is 11.9 Å². The van der Waals surface area contributed by atoms with Crippen LogP contribution < -0.4 is 11.1 Å². The van der Waals surface area contributed by atoms with E-state index in [9.17, 15) is 9.59 Å². The van der Waals surface area contributed by atoms with Gasteiger partial charge in [-0.2, -0.15) is 0 Å². The summed E-state index contributed by atoms with van der Waals surface area (Å²) in [6, 6.07) is 3.28. The smallest absolute Gasteiger partial charge is 0.356 e. The Morgan fingerprint density at radius 1 is 1.50 bits per heavy atom. The average molecular weight is 253 g/mol. The Hall–Kier alpha value is -2.15. The van der Waals surface area contributed by atoms with E-state index in [1.54, 1.807) is 12.1 Å². The first-order valence-corrected chi connectivity index (χ1v) is 5.27. The fourth-order valence-corrected chi connectivity index (χ4v) is 1.20. The van der Waals surface area contributed by atoms with Gasteiger partial charge in [-0.25, -0.2) is 9.78 Å². The van der Waals surface area contributed by atoms with Crippen LogP contribution >= 0.6 is 0 Å². The summed E-state index contributed by atoms with van der Waals surface area (Å²) in [5.74, 6) is -1.00. The second-order valence-corrected chi connectivity index (χ2v) is 3.37. The number of nitrogens with zero attached hydrogens (tertiary/aromatic N) is 1. The molecular weight excluding hydrogens is 238 g/mol. The largest absolute Gasteiger partial charge is 0.464 e. The summed E-state index contributed by atoms with van der Waals surface area (Å²) in [4.78, 5) is 25.5. The number of pyridine rings is 1. The zero-order chi connectivity index (χ0) is 13.4. The van der Waals surface area contributed by atoms with Crippen LogP contribution in [0.15, 0.2) is 18.3 Å². The summed E-state index contributed by atoms with van der Waals surface area (Å²) in [5.41, 5.74) is 5.85. The maximum absolute atomic E-state index is 11.2. The lowest BCUT2D eigenvalue weighted by Crippen LogP contribution is -2.20. The number of ether oxygens (including phenoxy) is 2. The number of carbonyl (C=O) groups excluding carboxylic acids is 2. The van der Waals surface area contributed by atoms with Gasteiger partial charge in [0, 0.05) is 18.4 Å². The van der Waals surface area contributed by atoms with Gasteiger partial charge < -0.3 is 20.5 Å². The summed E-state index contributed by atoms with van der Waals surface area (Å²) >= 11 is 0. The molecule has 0 aliphatic heterocycles. The predicted octanol–water partition coefficient (Wildman–Crippen LogP) is -0.218. The van der Waals surface area contributed by atoms with Gasteiger partial charge in [-0.15, -0.1) is 0 Å². The second-order valence-electron chi connectivity index (χ2n) is 3.37. The molecule has 0 atom stereocenters. The minimum absolute atomic E-state index is 0.106. The van der Waals surface area contributed by atoms with E-state index in [4.69, 9.17) is 10.5 Å². The Balaban J connectivity index is 2.38. The third kappa shape index (κ3) is 4.79. The maximum Gasteiger partial charge on any atom is 0.356 e. The zero-order valence-corrected chi connectivity index (χ0v) is 10.0. The fraction of sp³-hybridized carbons (Fsp3) is 0.364. The summed E-state index contributed by atoms with van der Waals surface area (Å²) in [5, 5.41) is 3.01. The number of anilines is 1. The van der Waals surface area contributed by atoms with Crippen molar-refractivity contribution in [2.45, 2.75) is 0 Å². The summed E-state index contributed by atoms with van der Waals surface area (Å²) < 4.78 is 9.53. The van der Waals surface area contributed by atoms with Gasteiger partial charge in [-0.3, -0.25) is 4.79 Å².